The van der Waals surface area contributed by atoms with Gasteiger partial charge in [-0.3, -0.25) is 0 Å². The average Bonchev–Trinajstić information content (AvgIpc) is 2.61. The first-order valence-electron chi connectivity index (χ1n) is 8.97. The van der Waals surface area contributed by atoms with Crippen LogP contribution in [0.4, 0.5) is 105 Å². The SMILES string of the molecule is CP(OC(C(F)(F)F)C(F)(F)F)(OC(C(F)(F)F)C(F)(F)F)(OC(C(F)(F)F)C(F)(F)F)OC(C(F)(F)F)C(F)(F)F. The summed E-state index contributed by atoms with van der Waals surface area (Å²) in [6, 6.07) is 0. The van der Waals surface area contributed by atoms with Crippen LogP contribution in [0.3, 0.4) is 0 Å². The molecular weight excluding hydrogens is 707 g/mol. The third kappa shape index (κ3) is 10.9. The van der Waals surface area contributed by atoms with Crippen LogP contribution in [0, 0.1) is 0 Å². The molecule has 0 spiro atoms. The summed E-state index contributed by atoms with van der Waals surface area (Å²) in [7, 11) is -10.2. The molecule has 42 heavy (non-hydrogen) atoms. The molecule has 0 rings (SSSR count). The number of halogens is 24. The first-order chi connectivity index (χ1) is 17.7. The quantitative estimate of drug-likeness (QED) is 0.186. The Kier molecular flexibility index (Phi) is 10.8. The van der Waals surface area contributed by atoms with E-state index in [1.807, 2.05) is 0 Å². The Hall–Kier alpha value is -1.41. The van der Waals surface area contributed by atoms with Crippen LogP contribution in [0.2, 0.25) is 0 Å². The number of alkyl halides is 24. The fraction of sp³-hybridized carbons (Fsp3) is 1.00. The zero-order valence-corrected chi connectivity index (χ0v) is 19.4. The van der Waals surface area contributed by atoms with Crippen molar-refractivity contribution in [2.75, 3.05) is 6.66 Å². The van der Waals surface area contributed by atoms with Crippen LogP contribution in [-0.4, -0.2) is 80.5 Å². The predicted octanol–water partition coefficient (Wildman–Crippen LogP) is 8.87. The summed E-state index contributed by atoms with van der Waals surface area (Å²) in [5.74, 6) is 0. The van der Waals surface area contributed by atoms with Gasteiger partial charge in [0.15, 0.2) is 0 Å². The van der Waals surface area contributed by atoms with Crippen LogP contribution in [0.25, 0.3) is 0 Å². The zero-order chi connectivity index (χ0) is 34.6. The van der Waals surface area contributed by atoms with Crippen molar-refractivity contribution in [2.24, 2.45) is 0 Å². The first-order valence-corrected chi connectivity index (χ1v) is 11.3. The predicted molar refractivity (Wildman–Crippen MR) is 80.8 cm³/mol. The van der Waals surface area contributed by atoms with E-state index < -0.39 is 88.0 Å². The zero-order valence-electron chi connectivity index (χ0n) is 18.5. The fourth-order valence-corrected chi connectivity index (χ4v) is 5.44. The molecule has 0 aliphatic rings. The summed E-state index contributed by atoms with van der Waals surface area (Å²) < 4.78 is 322. The maximum absolute atomic E-state index is 13.0. The van der Waals surface area contributed by atoms with E-state index in [1.165, 1.54) is 0 Å². The molecule has 0 aromatic heterocycles. The summed E-state index contributed by atoms with van der Waals surface area (Å²) in [6.45, 7) is -1.92. The van der Waals surface area contributed by atoms with Gasteiger partial charge >= 0.3 is 211 Å². The van der Waals surface area contributed by atoms with E-state index >= 15 is 0 Å². The Morgan fingerprint density at radius 2 is 0.381 bits per heavy atom. The van der Waals surface area contributed by atoms with E-state index in [2.05, 4.69) is 18.1 Å². The molecule has 0 bridgehead atoms. The molecule has 0 unspecified atom stereocenters. The minimum atomic E-state index is -10.2. The Bertz CT molecular complexity index is 696. The van der Waals surface area contributed by atoms with E-state index in [0.717, 1.165) is 0 Å². The Morgan fingerprint density at radius 3 is 0.452 bits per heavy atom. The van der Waals surface area contributed by atoms with Gasteiger partial charge in [0.25, 0.3) is 0 Å². The number of hydrogen-bond acceptors (Lipinski definition) is 4. The van der Waals surface area contributed by atoms with Crippen molar-refractivity contribution in [3.8, 4) is 0 Å². The van der Waals surface area contributed by atoms with Crippen molar-refractivity contribution in [3.63, 3.8) is 0 Å². The van der Waals surface area contributed by atoms with Crippen molar-refractivity contribution in [3.05, 3.63) is 0 Å². The van der Waals surface area contributed by atoms with Gasteiger partial charge in [-0.15, -0.1) is 0 Å². The fourth-order valence-electron chi connectivity index (χ4n) is 2.31. The van der Waals surface area contributed by atoms with Crippen LogP contribution < -0.4 is 0 Å². The second kappa shape index (κ2) is 11.2. The molecule has 0 saturated heterocycles. The monoisotopic (exact) mass is 714 g/mol. The molecular formula is C13H7F24O4P. The van der Waals surface area contributed by atoms with Crippen LogP contribution in [0.15, 0.2) is 0 Å². The van der Waals surface area contributed by atoms with Gasteiger partial charge in [0.05, 0.1) is 0 Å². The molecule has 0 atom stereocenters. The van der Waals surface area contributed by atoms with Gasteiger partial charge in [0.2, 0.25) is 0 Å². The van der Waals surface area contributed by atoms with Gasteiger partial charge in [-0.25, -0.2) is 0 Å². The molecule has 0 aliphatic carbocycles. The third-order valence-corrected chi connectivity index (χ3v) is 6.46. The van der Waals surface area contributed by atoms with Gasteiger partial charge < -0.3 is 0 Å². The molecule has 4 nitrogen and oxygen atoms in total. The average molecular weight is 714 g/mol. The Morgan fingerprint density at radius 1 is 0.286 bits per heavy atom. The second-order valence-corrected chi connectivity index (χ2v) is 10.7. The van der Waals surface area contributed by atoms with Crippen molar-refractivity contribution in [1.29, 1.82) is 0 Å². The van der Waals surface area contributed by atoms with Crippen LogP contribution in [-0.2, 0) is 18.1 Å². The van der Waals surface area contributed by atoms with E-state index in [4.69, 9.17) is 0 Å². The standard InChI is InChI=1S/C13H7F24O4P/c1-42(38-2(6(14,15)16)7(17,18)19,39-3(8(20,21)22)9(23,24)25,40-4(10(26,27)28)11(29,30)31)41-5(12(32,33)34)13(35,36)37/h2-5H,1H3. The molecule has 0 aliphatic heterocycles. The van der Waals surface area contributed by atoms with E-state index in [1.54, 1.807) is 0 Å². The Balaban J connectivity index is 8.32. The molecule has 256 valence electrons. The topological polar surface area (TPSA) is 36.9 Å². The van der Waals surface area contributed by atoms with Crippen molar-refractivity contribution in [2.45, 2.75) is 73.8 Å². The van der Waals surface area contributed by atoms with Gasteiger partial charge in [0, 0.05) is 0 Å². The summed E-state index contributed by atoms with van der Waals surface area (Å²) >= 11 is 0. The molecule has 0 aromatic carbocycles. The maximum atomic E-state index is 13.0. The number of hydrogen-bond donors (Lipinski definition) is 0. The van der Waals surface area contributed by atoms with E-state index in [9.17, 15) is 105 Å². The van der Waals surface area contributed by atoms with Crippen molar-refractivity contribution >= 4 is 7.51 Å². The van der Waals surface area contributed by atoms with E-state index in [0.29, 0.717) is 0 Å². The molecule has 0 aromatic rings. The Labute approximate surface area is 213 Å². The van der Waals surface area contributed by atoms with Crippen molar-refractivity contribution in [1.82, 2.24) is 0 Å². The molecule has 0 saturated carbocycles. The van der Waals surface area contributed by atoms with Gasteiger partial charge in [-0.1, -0.05) is 0 Å². The third-order valence-electron chi connectivity index (χ3n) is 3.74. The van der Waals surface area contributed by atoms with Crippen LogP contribution in [0.5, 0.6) is 0 Å². The summed E-state index contributed by atoms with van der Waals surface area (Å²) in [4.78, 5) is 0. The van der Waals surface area contributed by atoms with Crippen molar-refractivity contribution < 1.29 is 123 Å². The molecule has 29 heteroatoms. The number of rotatable bonds is 8. The molecule has 0 amide bonds. The second-order valence-electron chi connectivity index (χ2n) is 7.45. The molecule has 0 heterocycles. The van der Waals surface area contributed by atoms with Crippen LogP contribution in [0.1, 0.15) is 0 Å². The normalized spacial score (nSPS) is 17.0. The summed E-state index contributed by atoms with van der Waals surface area (Å²) in [6.07, 6.45) is -85.8. The van der Waals surface area contributed by atoms with Gasteiger partial charge in [0.1, 0.15) is 0 Å². The van der Waals surface area contributed by atoms with Gasteiger partial charge in [-0.2, -0.15) is 0 Å². The first kappa shape index (κ1) is 40.6. The van der Waals surface area contributed by atoms with Gasteiger partial charge in [-0.05, 0) is 0 Å². The molecule has 0 N–H and O–H groups in total. The summed E-state index contributed by atoms with van der Waals surface area (Å²) in [5.41, 5.74) is 0. The molecule has 0 radical (unpaired) electrons. The summed E-state index contributed by atoms with van der Waals surface area (Å²) in [5, 5.41) is 0. The minimum absolute atomic E-state index is 1.92. The van der Waals surface area contributed by atoms with E-state index in [-0.39, 0.29) is 0 Å². The van der Waals surface area contributed by atoms with Crippen LogP contribution >= 0.6 is 7.51 Å². The molecule has 0 fully saturated rings.